The Morgan fingerprint density at radius 1 is 1.13 bits per heavy atom. The number of aromatic nitrogens is 2. The summed E-state index contributed by atoms with van der Waals surface area (Å²) in [6.07, 6.45) is 1.70. The van der Waals surface area contributed by atoms with Crippen LogP contribution in [0.25, 0.3) is 16.8 Å². The molecule has 12 heteroatoms. The van der Waals surface area contributed by atoms with Crippen molar-refractivity contribution in [2.45, 2.75) is 0 Å². The van der Waals surface area contributed by atoms with E-state index < -0.39 is 24.0 Å². The highest BCUT2D eigenvalue weighted by Crippen LogP contribution is 2.23. The predicted molar refractivity (Wildman–Crippen MR) is 109 cm³/mol. The minimum absolute atomic E-state index is 0.0452. The van der Waals surface area contributed by atoms with Gasteiger partial charge in [-0.2, -0.15) is 16.4 Å². The van der Waals surface area contributed by atoms with Crippen molar-refractivity contribution in [1.29, 1.82) is 0 Å². The SMILES string of the molecule is CN1CC(=O)OB(c2nn(-c3ccc([N+](=O)[O-])cc3)cc2-c2ccsc2)OC(=O)C1. The number of rotatable bonds is 4. The fourth-order valence-electron chi connectivity index (χ4n) is 3.01. The second-order valence-electron chi connectivity index (χ2n) is 6.64. The lowest BCUT2D eigenvalue weighted by molar-refractivity contribution is -0.384. The first-order valence-corrected chi connectivity index (χ1v) is 9.79. The molecule has 1 fully saturated rings. The van der Waals surface area contributed by atoms with Crippen LogP contribution >= 0.6 is 11.3 Å². The van der Waals surface area contributed by atoms with Gasteiger partial charge in [0, 0.05) is 23.9 Å². The van der Waals surface area contributed by atoms with E-state index >= 15 is 0 Å². The number of carbonyl (C=O) groups is 2. The molecule has 152 valence electrons. The van der Waals surface area contributed by atoms with Crippen molar-refractivity contribution < 1.29 is 23.8 Å². The summed E-state index contributed by atoms with van der Waals surface area (Å²) < 4.78 is 12.2. The van der Waals surface area contributed by atoms with Crippen LogP contribution in [-0.2, 0) is 18.9 Å². The summed E-state index contributed by atoms with van der Waals surface area (Å²) in [6.45, 7) is -0.106. The van der Waals surface area contributed by atoms with E-state index in [4.69, 9.17) is 9.31 Å². The minimum atomic E-state index is -1.30. The monoisotopic (exact) mass is 426 g/mol. The number of benzene rings is 1. The fourth-order valence-corrected chi connectivity index (χ4v) is 3.66. The minimum Gasteiger partial charge on any atom is -0.493 e. The zero-order valence-electron chi connectivity index (χ0n) is 15.8. The lowest BCUT2D eigenvalue weighted by Gasteiger charge is -2.22. The van der Waals surface area contributed by atoms with Gasteiger partial charge in [-0.3, -0.25) is 24.6 Å². The van der Waals surface area contributed by atoms with Crippen LogP contribution in [0.5, 0.6) is 0 Å². The van der Waals surface area contributed by atoms with Crippen molar-refractivity contribution in [3.05, 3.63) is 57.4 Å². The molecule has 0 radical (unpaired) electrons. The Labute approximate surface area is 174 Å². The highest BCUT2D eigenvalue weighted by molar-refractivity contribution is 7.08. The Bertz CT molecular complexity index is 1080. The molecule has 0 saturated carbocycles. The van der Waals surface area contributed by atoms with Gasteiger partial charge in [0.05, 0.1) is 23.7 Å². The average molecular weight is 426 g/mol. The van der Waals surface area contributed by atoms with Crippen molar-refractivity contribution in [1.82, 2.24) is 14.7 Å². The number of non-ortho nitro benzene ring substituents is 1. The number of nitro groups is 1. The maximum absolute atomic E-state index is 12.2. The van der Waals surface area contributed by atoms with Gasteiger partial charge in [-0.25, -0.2) is 4.68 Å². The predicted octanol–water partition coefficient (Wildman–Crippen LogP) is 1.24. The summed E-state index contributed by atoms with van der Waals surface area (Å²) in [6, 6.07) is 7.71. The number of nitro benzene ring substituents is 1. The van der Waals surface area contributed by atoms with Crippen LogP contribution < -0.4 is 5.59 Å². The third-order valence-corrected chi connectivity index (χ3v) is 5.08. The van der Waals surface area contributed by atoms with Crippen molar-refractivity contribution in [3.63, 3.8) is 0 Å². The van der Waals surface area contributed by atoms with Gasteiger partial charge in [0.2, 0.25) is 0 Å². The molecule has 4 rings (SSSR count). The van der Waals surface area contributed by atoms with Crippen LogP contribution in [0, 0.1) is 10.1 Å². The van der Waals surface area contributed by atoms with Crippen LogP contribution in [0.3, 0.4) is 0 Å². The average Bonchev–Trinajstić information content (AvgIpc) is 3.36. The van der Waals surface area contributed by atoms with Crippen LogP contribution in [0.15, 0.2) is 47.3 Å². The molecule has 10 nitrogen and oxygen atoms in total. The molecule has 1 saturated heterocycles. The van der Waals surface area contributed by atoms with Gasteiger partial charge in [0.1, 0.15) is 5.59 Å². The smallest absolute Gasteiger partial charge is 0.493 e. The quantitative estimate of drug-likeness (QED) is 0.348. The standard InChI is InChI=1S/C18H15BN4O6S/c1-21-9-16(24)28-19(29-17(25)10-21)18-15(12-6-7-30-11-12)8-22(20-18)13-2-4-14(5-3-13)23(26)27/h2-8,11H,9-10H2,1H3. The van der Waals surface area contributed by atoms with E-state index in [1.165, 1.54) is 33.1 Å². The normalized spacial score (nSPS) is 15.3. The van der Waals surface area contributed by atoms with Gasteiger partial charge < -0.3 is 9.31 Å². The van der Waals surface area contributed by atoms with Crippen molar-refractivity contribution in [2.24, 2.45) is 0 Å². The van der Waals surface area contributed by atoms with Crippen molar-refractivity contribution in [3.8, 4) is 16.8 Å². The second kappa shape index (κ2) is 8.09. The highest BCUT2D eigenvalue weighted by atomic mass is 32.1. The molecule has 3 heterocycles. The molecule has 0 aliphatic carbocycles. The number of carbonyl (C=O) groups excluding carboxylic acids is 2. The van der Waals surface area contributed by atoms with E-state index in [1.807, 2.05) is 16.8 Å². The van der Waals surface area contributed by atoms with E-state index in [9.17, 15) is 19.7 Å². The van der Waals surface area contributed by atoms with Crippen LogP contribution in [0.1, 0.15) is 0 Å². The maximum Gasteiger partial charge on any atom is 0.658 e. The van der Waals surface area contributed by atoms with E-state index in [2.05, 4.69) is 5.10 Å². The molecule has 0 N–H and O–H groups in total. The molecule has 1 aliphatic heterocycles. The van der Waals surface area contributed by atoms with E-state index in [0.717, 1.165) is 5.56 Å². The topological polar surface area (TPSA) is 117 Å². The summed E-state index contributed by atoms with van der Waals surface area (Å²) in [4.78, 5) is 36.2. The number of hydrogen-bond acceptors (Lipinski definition) is 9. The van der Waals surface area contributed by atoms with Crippen LogP contribution in [0.4, 0.5) is 5.69 Å². The van der Waals surface area contributed by atoms with Crippen molar-refractivity contribution >= 4 is 41.7 Å². The molecular formula is C18H15BN4O6S. The first-order valence-electron chi connectivity index (χ1n) is 8.85. The summed E-state index contributed by atoms with van der Waals surface area (Å²) >= 11 is 1.47. The van der Waals surface area contributed by atoms with Gasteiger partial charge >= 0.3 is 19.1 Å². The van der Waals surface area contributed by atoms with Crippen LogP contribution in [-0.4, -0.2) is 58.8 Å². The molecule has 1 aliphatic rings. The van der Waals surface area contributed by atoms with Crippen molar-refractivity contribution in [2.75, 3.05) is 20.1 Å². The third-order valence-electron chi connectivity index (χ3n) is 4.40. The largest absolute Gasteiger partial charge is 0.658 e. The maximum atomic E-state index is 12.2. The Balaban J connectivity index is 1.75. The summed E-state index contributed by atoms with van der Waals surface area (Å²) in [5.74, 6) is -1.09. The Kier molecular flexibility index (Phi) is 5.34. The number of nitrogens with zero attached hydrogens (tertiary/aromatic N) is 4. The van der Waals surface area contributed by atoms with Gasteiger partial charge in [-0.05, 0) is 41.6 Å². The van der Waals surface area contributed by atoms with Gasteiger partial charge in [-0.1, -0.05) is 0 Å². The third kappa shape index (κ3) is 4.09. The molecule has 0 bridgehead atoms. The number of hydrogen-bond donors (Lipinski definition) is 0. The Morgan fingerprint density at radius 3 is 2.37 bits per heavy atom. The van der Waals surface area contributed by atoms with E-state index in [-0.39, 0.29) is 24.4 Å². The molecule has 3 aromatic rings. The summed E-state index contributed by atoms with van der Waals surface area (Å²) in [7, 11) is 0.316. The first-order chi connectivity index (χ1) is 14.4. The summed E-state index contributed by atoms with van der Waals surface area (Å²) in [5, 5.41) is 19.1. The Morgan fingerprint density at radius 2 is 1.80 bits per heavy atom. The lowest BCUT2D eigenvalue weighted by Crippen LogP contribution is -2.49. The van der Waals surface area contributed by atoms with Gasteiger partial charge in [-0.15, -0.1) is 0 Å². The van der Waals surface area contributed by atoms with Crippen LogP contribution in [0.2, 0.25) is 0 Å². The first kappa shape index (κ1) is 19.8. The number of thiophene rings is 1. The summed E-state index contributed by atoms with van der Waals surface area (Å²) in [5.41, 5.74) is 2.21. The molecule has 0 spiro atoms. The van der Waals surface area contributed by atoms with E-state index in [0.29, 0.717) is 11.3 Å². The molecule has 1 aromatic carbocycles. The molecule has 0 unspecified atom stereocenters. The van der Waals surface area contributed by atoms with Gasteiger partial charge in [0.15, 0.2) is 0 Å². The zero-order valence-corrected chi connectivity index (χ0v) is 16.6. The molecule has 0 amide bonds. The number of likely N-dealkylation sites (N-methyl/N-ethyl adjacent to an activating group) is 1. The Hall–Kier alpha value is -3.51. The van der Waals surface area contributed by atoms with Gasteiger partial charge in [0.25, 0.3) is 5.69 Å². The molecule has 2 aromatic heterocycles. The fraction of sp³-hybridized carbons (Fsp3) is 0.167. The lowest BCUT2D eigenvalue weighted by atomic mass is 9.80. The molecule has 0 atom stereocenters. The molecule has 30 heavy (non-hydrogen) atoms. The molecular weight excluding hydrogens is 411 g/mol. The van der Waals surface area contributed by atoms with E-state index in [1.54, 1.807) is 25.4 Å². The highest BCUT2D eigenvalue weighted by Gasteiger charge is 2.38. The second-order valence-corrected chi connectivity index (χ2v) is 7.42. The zero-order chi connectivity index (χ0) is 21.3.